The topological polar surface area (TPSA) is 40.5 Å². The molecule has 3 heteroatoms. The molecule has 2 unspecified atom stereocenters. The first-order valence-electron chi connectivity index (χ1n) is 7.50. The van der Waals surface area contributed by atoms with E-state index in [1.807, 2.05) is 0 Å². The van der Waals surface area contributed by atoms with Crippen LogP contribution in [0.1, 0.15) is 48.9 Å². The molecule has 0 aromatic heterocycles. The Kier molecular flexibility index (Phi) is 4.81. The first-order valence-corrected chi connectivity index (χ1v) is 7.50. The molecule has 0 saturated carbocycles. The predicted molar refractivity (Wildman–Crippen MR) is 80.9 cm³/mol. The van der Waals surface area contributed by atoms with E-state index in [-0.39, 0.29) is 0 Å². The second-order valence-corrected chi connectivity index (χ2v) is 6.14. The van der Waals surface area contributed by atoms with Crippen LogP contribution in [-0.2, 0) is 4.79 Å². The number of hydrogen-bond acceptors (Lipinski definition) is 2. The molecule has 20 heavy (non-hydrogen) atoms. The highest BCUT2D eigenvalue weighted by Gasteiger charge is 2.26. The Bertz CT molecular complexity index is 484. The van der Waals surface area contributed by atoms with E-state index in [1.165, 1.54) is 16.7 Å². The average molecular weight is 275 g/mol. The van der Waals surface area contributed by atoms with Crippen LogP contribution in [0.2, 0.25) is 0 Å². The standard InChI is InChI=1S/C17H25NO2/c1-12-6-7-13(2)16(9-12)14(3)18-8-4-5-15(11-18)10-17(19)20/h6-7,9,14-15H,4-5,8,10-11H2,1-3H3,(H,19,20). The molecule has 0 radical (unpaired) electrons. The first kappa shape index (κ1) is 15.0. The fourth-order valence-electron chi connectivity index (χ4n) is 3.27. The van der Waals surface area contributed by atoms with Gasteiger partial charge in [-0.25, -0.2) is 0 Å². The van der Waals surface area contributed by atoms with Gasteiger partial charge in [-0.05, 0) is 57.2 Å². The number of rotatable bonds is 4. The van der Waals surface area contributed by atoms with Crippen molar-refractivity contribution in [3.63, 3.8) is 0 Å². The molecule has 1 aliphatic heterocycles. The predicted octanol–water partition coefficient (Wildman–Crippen LogP) is 3.55. The van der Waals surface area contributed by atoms with Crippen LogP contribution >= 0.6 is 0 Å². The molecular weight excluding hydrogens is 250 g/mol. The number of piperidine rings is 1. The molecule has 1 heterocycles. The summed E-state index contributed by atoms with van der Waals surface area (Å²) >= 11 is 0. The van der Waals surface area contributed by atoms with Crippen molar-refractivity contribution in [1.82, 2.24) is 4.90 Å². The van der Waals surface area contributed by atoms with Gasteiger partial charge in [0.15, 0.2) is 0 Å². The van der Waals surface area contributed by atoms with Crippen LogP contribution in [0.5, 0.6) is 0 Å². The van der Waals surface area contributed by atoms with Gasteiger partial charge in [-0.15, -0.1) is 0 Å². The molecule has 1 saturated heterocycles. The van der Waals surface area contributed by atoms with E-state index in [0.29, 0.717) is 18.4 Å². The van der Waals surface area contributed by atoms with Gasteiger partial charge in [0.25, 0.3) is 0 Å². The molecule has 1 N–H and O–H groups in total. The number of aryl methyl sites for hydroxylation is 2. The summed E-state index contributed by atoms with van der Waals surface area (Å²) in [6, 6.07) is 6.96. The number of carboxylic acids is 1. The van der Waals surface area contributed by atoms with Gasteiger partial charge in [-0.2, -0.15) is 0 Å². The van der Waals surface area contributed by atoms with Gasteiger partial charge in [0.1, 0.15) is 0 Å². The van der Waals surface area contributed by atoms with Crippen LogP contribution in [0.4, 0.5) is 0 Å². The van der Waals surface area contributed by atoms with Crippen LogP contribution in [0, 0.1) is 19.8 Å². The number of nitrogens with zero attached hydrogens (tertiary/aromatic N) is 1. The lowest BCUT2D eigenvalue weighted by atomic mass is 9.91. The Hall–Kier alpha value is -1.35. The molecule has 1 aliphatic rings. The summed E-state index contributed by atoms with van der Waals surface area (Å²) in [4.78, 5) is 13.3. The third-order valence-electron chi connectivity index (χ3n) is 4.45. The molecule has 1 fully saturated rings. The van der Waals surface area contributed by atoms with Gasteiger partial charge in [-0.3, -0.25) is 9.69 Å². The van der Waals surface area contributed by atoms with Gasteiger partial charge < -0.3 is 5.11 Å². The molecule has 1 aromatic rings. The van der Waals surface area contributed by atoms with Crippen molar-refractivity contribution in [3.8, 4) is 0 Å². The van der Waals surface area contributed by atoms with Crippen molar-refractivity contribution >= 4 is 5.97 Å². The quantitative estimate of drug-likeness (QED) is 0.913. The third kappa shape index (κ3) is 3.60. The summed E-state index contributed by atoms with van der Waals surface area (Å²) in [6.45, 7) is 8.50. The van der Waals surface area contributed by atoms with Crippen LogP contribution in [-0.4, -0.2) is 29.1 Å². The highest BCUT2D eigenvalue weighted by Crippen LogP contribution is 2.30. The highest BCUT2D eigenvalue weighted by molar-refractivity contribution is 5.67. The number of hydrogen-bond donors (Lipinski definition) is 1. The van der Waals surface area contributed by atoms with E-state index in [9.17, 15) is 4.79 Å². The van der Waals surface area contributed by atoms with Crippen molar-refractivity contribution in [1.29, 1.82) is 0 Å². The molecule has 1 aromatic carbocycles. The molecule has 0 bridgehead atoms. The summed E-state index contributed by atoms with van der Waals surface area (Å²) in [6.07, 6.45) is 2.45. The minimum absolute atomic E-state index is 0.300. The Morgan fingerprint density at radius 1 is 1.45 bits per heavy atom. The summed E-state index contributed by atoms with van der Waals surface area (Å²) in [7, 11) is 0. The Morgan fingerprint density at radius 3 is 2.90 bits per heavy atom. The number of aliphatic carboxylic acids is 1. The Morgan fingerprint density at radius 2 is 2.20 bits per heavy atom. The summed E-state index contributed by atoms with van der Waals surface area (Å²) < 4.78 is 0. The maximum atomic E-state index is 10.9. The molecule has 0 amide bonds. The van der Waals surface area contributed by atoms with Crippen molar-refractivity contribution in [2.24, 2.45) is 5.92 Å². The van der Waals surface area contributed by atoms with Gasteiger partial charge in [-0.1, -0.05) is 23.8 Å². The minimum Gasteiger partial charge on any atom is -0.481 e. The average Bonchev–Trinajstić information content (AvgIpc) is 2.40. The number of carbonyl (C=O) groups is 1. The monoisotopic (exact) mass is 275 g/mol. The lowest BCUT2D eigenvalue weighted by Gasteiger charge is -2.37. The van der Waals surface area contributed by atoms with E-state index >= 15 is 0 Å². The molecule has 0 aliphatic carbocycles. The van der Waals surface area contributed by atoms with Gasteiger partial charge in [0.2, 0.25) is 0 Å². The largest absolute Gasteiger partial charge is 0.481 e. The minimum atomic E-state index is -0.670. The van der Waals surface area contributed by atoms with Crippen molar-refractivity contribution in [2.45, 2.75) is 46.1 Å². The van der Waals surface area contributed by atoms with Gasteiger partial charge in [0.05, 0.1) is 0 Å². The van der Waals surface area contributed by atoms with Crippen molar-refractivity contribution in [2.75, 3.05) is 13.1 Å². The summed E-state index contributed by atoms with van der Waals surface area (Å²) in [5.74, 6) is -0.370. The van der Waals surface area contributed by atoms with Crippen molar-refractivity contribution < 1.29 is 9.90 Å². The fourth-order valence-corrected chi connectivity index (χ4v) is 3.27. The SMILES string of the molecule is Cc1ccc(C)c(C(C)N2CCCC(CC(=O)O)C2)c1. The first-order chi connectivity index (χ1) is 9.47. The molecule has 110 valence electrons. The zero-order valence-corrected chi connectivity index (χ0v) is 12.7. The second kappa shape index (κ2) is 6.40. The number of benzene rings is 1. The zero-order chi connectivity index (χ0) is 14.7. The second-order valence-electron chi connectivity index (χ2n) is 6.14. The van der Waals surface area contributed by atoms with Crippen LogP contribution in [0.3, 0.4) is 0 Å². The lowest BCUT2D eigenvalue weighted by Crippen LogP contribution is -2.38. The number of carboxylic acid groups (broad SMARTS) is 1. The van der Waals surface area contributed by atoms with E-state index in [4.69, 9.17) is 5.11 Å². The van der Waals surface area contributed by atoms with Crippen LogP contribution < -0.4 is 0 Å². The normalized spacial score (nSPS) is 21.6. The zero-order valence-electron chi connectivity index (χ0n) is 12.7. The lowest BCUT2D eigenvalue weighted by molar-refractivity contribution is -0.138. The third-order valence-corrected chi connectivity index (χ3v) is 4.45. The molecular formula is C17H25NO2. The van der Waals surface area contributed by atoms with Gasteiger partial charge in [0, 0.05) is 19.0 Å². The molecule has 2 atom stereocenters. The van der Waals surface area contributed by atoms with E-state index in [1.54, 1.807) is 0 Å². The smallest absolute Gasteiger partial charge is 0.303 e. The van der Waals surface area contributed by atoms with Crippen molar-refractivity contribution in [3.05, 3.63) is 34.9 Å². The fraction of sp³-hybridized carbons (Fsp3) is 0.588. The Labute approximate surface area is 121 Å². The maximum Gasteiger partial charge on any atom is 0.303 e. The molecule has 0 spiro atoms. The molecule has 3 nitrogen and oxygen atoms in total. The van der Waals surface area contributed by atoms with E-state index in [2.05, 4.69) is 43.9 Å². The Balaban J connectivity index is 2.09. The number of likely N-dealkylation sites (tertiary alicyclic amines) is 1. The van der Waals surface area contributed by atoms with E-state index < -0.39 is 5.97 Å². The van der Waals surface area contributed by atoms with Gasteiger partial charge >= 0.3 is 5.97 Å². The maximum absolute atomic E-state index is 10.9. The summed E-state index contributed by atoms with van der Waals surface area (Å²) in [5.41, 5.74) is 3.99. The highest BCUT2D eigenvalue weighted by atomic mass is 16.4. The summed E-state index contributed by atoms with van der Waals surface area (Å²) in [5, 5.41) is 8.97. The van der Waals surface area contributed by atoms with Crippen LogP contribution in [0.15, 0.2) is 18.2 Å². The van der Waals surface area contributed by atoms with E-state index in [0.717, 1.165) is 25.9 Å². The van der Waals surface area contributed by atoms with Crippen LogP contribution in [0.25, 0.3) is 0 Å². The molecule has 2 rings (SSSR count).